The Bertz CT molecular complexity index is 207. The number of nitrogens with one attached hydrogen (secondary N) is 1. The summed E-state index contributed by atoms with van der Waals surface area (Å²) in [6.07, 6.45) is 5.77. The lowest BCUT2D eigenvalue weighted by Crippen LogP contribution is -2.45. The average Bonchev–Trinajstić information content (AvgIpc) is 2.58. The number of carbonyl (C=O) groups is 1. The van der Waals surface area contributed by atoms with E-state index < -0.39 is 0 Å². The highest BCUT2D eigenvalue weighted by molar-refractivity contribution is 5.74. The fourth-order valence-electron chi connectivity index (χ4n) is 2.19. The normalized spacial score (nSPS) is 27.5. The molecule has 2 aliphatic heterocycles. The van der Waals surface area contributed by atoms with Gasteiger partial charge in [-0.25, -0.2) is 4.79 Å². The third-order valence-corrected chi connectivity index (χ3v) is 3.15. The summed E-state index contributed by atoms with van der Waals surface area (Å²) in [7, 11) is 0. The molecule has 0 aromatic heterocycles. The van der Waals surface area contributed by atoms with E-state index in [1.54, 1.807) is 0 Å². The van der Waals surface area contributed by atoms with Gasteiger partial charge in [0.25, 0.3) is 0 Å². The first-order chi connectivity index (χ1) is 7.36. The Morgan fingerprint density at radius 2 is 1.93 bits per heavy atom. The second kappa shape index (κ2) is 5.35. The summed E-state index contributed by atoms with van der Waals surface area (Å²) in [6.45, 7) is 3.29. The topological polar surface area (TPSA) is 41.6 Å². The molecule has 2 saturated heterocycles. The molecule has 2 amide bonds. The van der Waals surface area contributed by atoms with Crippen LogP contribution in [0.4, 0.5) is 4.79 Å². The maximum atomic E-state index is 11.9. The molecule has 86 valence electrons. The largest absolute Gasteiger partial charge is 0.379 e. The number of hydrogen-bond acceptors (Lipinski definition) is 2. The summed E-state index contributed by atoms with van der Waals surface area (Å²) >= 11 is 0. The third-order valence-electron chi connectivity index (χ3n) is 3.15. The van der Waals surface area contributed by atoms with Crippen LogP contribution in [0.2, 0.25) is 0 Å². The molecule has 0 spiro atoms. The first-order valence-corrected chi connectivity index (χ1v) is 5.99. The van der Waals surface area contributed by atoms with Gasteiger partial charge in [-0.15, -0.1) is 0 Å². The summed E-state index contributed by atoms with van der Waals surface area (Å²) < 4.78 is 5.24. The van der Waals surface area contributed by atoms with Gasteiger partial charge in [0.2, 0.25) is 0 Å². The van der Waals surface area contributed by atoms with Crippen LogP contribution in [0, 0.1) is 0 Å². The molecule has 0 aromatic carbocycles. The molecule has 2 rings (SSSR count). The zero-order valence-electron chi connectivity index (χ0n) is 9.21. The minimum Gasteiger partial charge on any atom is -0.379 e. The number of hydrogen-bond donors (Lipinski definition) is 1. The van der Waals surface area contributed by atoms with E-state index in [2.05, 4.69) is 5.32 Å². The van der Waals surface area contributed by atoms with Gasteiger partial charge in [-0.05, 0) is 19.3 Å². The van der Waals surface area contributed by atoms with Crippen molar-refractivity contribution in [3.05, 3.63) is 0 Å². The van der Waals surface area contributed by atoms with Crippen LogP contribution in [-0.2, 0) is 4.74 Å². The van der Waals surface area contributed by atoms with Gasteiger partial charge in [-0.2, -0.15) is 0 Å². The van der Waals surface area contributed by atoms with Gasteiger partial charge >= 0.3 is 6.03 Å². The van der Waals surface area contributed by atoms with Gasteiger partial charge in [0.1, 0.15) is 0 Å². The Morgan fingerprint density at radius 1 is 1.20 bits per heavy atom. The summed E-state index contributed by atoms with van der Waals surface area (Å²) in [6, 6.07) is 0.341. The van der Waals surface area contributed by atoms with Crippen molar-refractivity contribution in [2.75, 3.05) is 26.3 Å². The van der Waals surface area contributed by atoms with Crippen molar-refractivity contribution in [3.63, 3.8) is 0 Å². The van der Waals surface area contributed by atoms with Gasteiger partial charge in [-0.3, -0.25) is 0 Å². The van der Waals surface area contributed by atoms with Gasteiger partial charge < -0.3 is 15.0 Å². The van der Waals surface area contributed by atoms with Crippen LogP contribution >= 0.6 is 0 Å². The zero-order chi connectivity index (χ0) is 10.5. The molecule has 1 unspecified atom stereocenters. The smallest absolute Gasteiger partial charge is 0.317 e. The molecule has 0 radical (unpaired) electrons. The van der Waals surface area contributed by atoms with Crippen LogP contribution in [0.25, 0.3) is 0 Å². The Hall–Kier alpha value is -0.770. The fraction of sp³-hybridized carbons (Fsp3) is 0.909. The number of likely N-dealkylation sites (tertiary alicyclic amines) is 1. The summed E-state index contributed by atoms with van der Waals surface area (Å²) in [4.78, 5) is 13.8. The molecule has 0 bridgehead atoms. The highest BCUT2D eigenvalue weighted by Gasteiger charge is 2.21. The van der Waals surface area contributed by atoms with Crippen molar-refractivity contribution in [1.29, 1.82) is 0 Å². The van der Waals surface area contributed by atoms with E-state index in [4.69, 9.17) is 4.74 Å². The highest BCUT2D eigenvalue weighted by atomic mass is 16.5. The molecule has 0 aliphatic carbocycles. The number of amides is 2. The Labute approximate surface area is 91.0 Å². The van der Waals surface area contributed by atoms with Crippen molar-refractivity contribution in [3.8, 4) is 0 Å². The molecule has 2 fully saturated rings. The minimum atomic E-state index is 0.104. The molecule has 0 aromatic rings. The number of nitrogens with zero attached hydrogens (tertiary/aromatic N) is 1. The van der Waals surface area contributed by atoms with Crippen LogP contribution in [0.15, 0.2) is 0 Å². The SMILES string of the molecule is O=C(NC1CCOC1)N1CCCCCC1. The summed E-state index contributed by atoms with van der Waals surface area (Å²) in [5.74, 6) is 0. The van der Waals surface area contributed by atoms with Crippen molar-refractivity contribution in [2.24, 2.45) is 0 Å². The molecule has 1 N–H and O–H groups in total. The molecule has 2 heterocycles. The van der Waals surface area contributed by atoms with E-state index in [-0.39, 0.29) is 12.1 Å². The van der Waals surface area contributed by atoms with Crippen LogP contribution in [0.3, 0.4) is 0 Å². The van der Waals surface area contributed by atoms with Gasteiger partial charge in [-0.1, -0.05) is 12.8 Å². The first kappa shape index (κ1) is 10.7. The van der Waals surface area contributed by atoms with Crippen molar-refractivity contribution >= 4 is 6.03 Å². The second-order valence-electron chi connectivity index (χ2n) is 4.41. The number of carbonyl (C=O) groups excluding carboxylic acids is 1. The molecule has 4 nitrogen and oxygen atoms in total. The molecule has 4 heteroatoms. The van der Waals surface area contributed by atoms with E-state index in [1.807, 2.05) is 4.90 Å². The van der Waals surface area contributed by atoms with Crippen LogP contribution in [0.5, 0.6) is 0 Å². The quantitative estimate of drug-likeness (QED) is 0.713. The lowest BCUT2D eigenvalue weighted by Gasteiger charge is -2.22. The van der Waals surface area contributed by atoms with Gasteiger partial charge in [0.15, 0.2) is 0 Å². The third kappa shape index (κ3) is 3.09. The van der Waals surface area contributed by atoms with Crippen molar-refractivity contribution in [1.82, 2.24) is 10.2 Å². The number of rotatable bonds is 1. The minimum absolute atomic E-state index is 0.104. The van der Waals surface area contributed by atoms with Gasteiger partial charge in [0.05, 0.1) is 12.6 Å². The van der Waals surface area contributed by atoms with E-state index in [9.17, 15) is 4.79 Å². The molecule has 1 atom stereocenters. The number of urea groups is 1. The summed E-state index contributed by atoms with van der Waals surface area (Å²) in [5, 5.41) is 3.04. The van der Waals surface area contributed by atoms with Crippen molar-refractivity contribution < 1.29 is 9.53 Å². The first-order valence-electron chi connectivity index (χ1n) is 5.99. The highest BCUT2D eigenvalue weighted by Crippen LogP contribution is 2.10. The molecule has 2 aliphatic rings. The van der Waals surface area contributed by atoms with E-state index in [1.165, 1.54) is 12.8 Å². The molecular weight excluding hydrogens is 192 g/mol. The maximum Gasteiger partial charge on any atom is 0.317 e. The lowest BCUT2D eigenvalue weighted by atomic mass is 10.2. The Kier molecular flexibility index (Phi) is 3.83. The van der Waals surface area contributed by atoms with E-state index >= 15 is 0 Å². The van der Waals surface area contributed by atoms with E-state index in [0.29, 0.717) is 6.61 Å². The van der Waals surface area contributed by atoms with Crippen LogP contribution < -0.4 is 5.32 Å². The monoisotopic (exact) mass is 212 g/mol. The molecule has 0 saturated carbocycles. The predicted molar refractivity (Wildman–Crippen MR) is 57.8 cm³/mol. The standard InChI is InChI=1S/C11H20N2O2/c14-11(12-10-5-8-15-9-10)13-6-3-1-2-4-7-13/h10H,1-9H2,(H,12,14). The number of ether oxygens (including phenoxy) is 1. The molecular formula is C11H20N2O2. The van der Waals surface area contributed by atoms with Crippen LogP contribution in [-0.4, -0.2) is 43.3 Å². The zero-order valence-corrected chi connectivity index (χ0v) is 9.21. The lowest BCUT2D eigenvalue weighted by molar-refractivity contribution is 0.178. The molecule has 15 heavy (non-hydrogen) atoms. The van der Waals surface area contributed by atoms with Crippen LogP contribution in [0.1, 0.15) is 32.1 Å². The fourth-order valence-corrected chi connectivity index (χ4v) is 2.19. The Morgan fingerprint density at radius 3 is 2.53 bits per heavy atom. The van der Waals surface area contributed by atoms with Crippen molar-refractivity contribution in [2.45, 2.75) is 38.1 Å². The second-order valence-corrected chi connectivity index (χ2v) is 4.41. The van der Waals surface area contributed by atoms with Gasteiger partial charge in [0, 0.05) is 19.7 Å². The predicted octanol–water partition coefficient (Wildman–Crippen LogP) is 1.36. The van der Waals surface area contributed by atoms with E-state index in [0.717, 1.165) is 39.0 Å². The summed E-state index contributed by atoms with van der Waals surface area (Å²) in [5.41, 5.74) is 0. The maximum absolute atomic E-state index is 11.9. The Balaban J connectivity index is 1.77. The average molecular weight is 212 g/mol.